The van der Waals surface area contributed by atoms with Crippen LogP contribution >= 0.6 is 0 Å². The van der Waals surface area contributed by atoms with Gasteiger partial charge in [0.2, 0.25) is 5.91 Å². The Balaban J connectivity index is 2.11. The average molecular weight is 201 g/mol. The first-order chi connectivity index (χ1) is 7.23. The van der Waals surface area contributed by atoms with Gasteiger partial charge in [0.05, 0.1) is 0 Å². The van der Waals surface area contributed by atoms with Crippen molar-refractivity contribution >= 4 is 11.6 Å². The summed E-state index contributed by atoms with van der Waals surface area (Å²) in [5.74, 6) is 0.172. The van der Waals surface area contributed by atoms with Crippen LogP contribution in [-0.2, 0) is 10.2 Å². The summed E-state index contributed by atoms with van der Waals surface area (Å²) in [6, 6.07) is 8.37. The van der Waals surface area contributed by atoms with Crippen LogP contribution in [0.5, 0.6) is 0 Å². The zero-order valence-electron chi connectivity index (χ0n) is 8.99. The van der Waals surface area contributed by atoms with Gasteiger partial charge >= 0.3 is 0 Å². The van der Waals surface area contributed by atoms with Crippen LogP contribution in [0, 0.1) is 0 Å². The van der Waals surface area contributed by atoms with Crippen LogP contribution in [0.2, 0.25) is 0 Å². The third kappa shape index (κ3) is 1.08. The Bertz CT molecular complexity index is 420. The molecule has 1 aromatic rings. The van der Waals surface area contributed by atoms with Crippen molar-refractivity contribution in [3.63, 3.8) is 0 Å². The number of carbonyl (C=O) groups excluding carboxylic acids is 1. The highest BCUT2D eigenvalue weighted by molar-refractivity contribution is 5.94. The smallest absolute Gasteiger partial charge is 0.223 e. The Kier molecular flexibility index (Phi) is 1.70. The zero-order valence-corrected chi connectivity index (χ0v) is 8.99. The topological polar surface area (TPSA) is 20.3 Å². The maximum Gasteiger partial charge on any atom is 0.223 e. The number of hydrogen-bond donors (Lipinski definition) is 0. The van der Waals surface area contributed by atoms with Crippen LogP contribution in [0.1, 0.15) is 31.7 Å². The number of anilines is 1. The number of amides is 1. The van der Waals surface area contributed by atoms with Crippen LogP contribution < -0.4 is 4.90 Å². The molecule has 78 valence electrons. The van der Waals surface area contributed by atoms with E-state index in [1.807, 2.05) is 11.0 Å². The molecule has 1 aliphatic carbocycles. The lowest BCUT2D eigenvalue weighted by molar-refractivity contribution is -0.116. The number of para-hydroxylation sites is 1. The lowest BCUT2D eigenvalue weighted by Gasteiger charge is -2.38. The Labute approximate surface area is 89.9 Å². The van der Waals surface area contributed by atoms with Gasteiger partial charge in [0.1, 0.15) is 0 Å². The van der Waals surface area contributed by atoms with Gasteiger partial charge in [0.25, 0.3) is 0 Å². The maximum absolute atomic E-state index is 11.6. The second-order valence-electron chi connectivity index (χ2n) is 4.76. The predicted molar refractivity (Wildman–Crippen MR) is 60.0 cm³/mol. The fraction of sp³-hybridized carbons (Fsp3) is 0.462. The molecule has 2 heteroatoms. The minimum atomic E-state index is 0.172. The van der Waals surface area contributed by atoms with Crippen LogP contribution in [0.25, 0.3) is 0 Å². The average Bonchev–Trinajstić information content (AvgIpc) is 2.52. The normalized spacial score (nSPS) is 21.3. The second-order valence-corrected chi connectivity index (χ2v) is 4.76. The quantitative estimate of drug-likeness (QED) is 0.631. The van der Waals surface area contributed by atoms with Gasteiger partial charge in [-0.3, -0.25) is 4.79 Å². The van der Waals surface area contributed by atoms with Crippen molar-refractivity contribution in [1.82, 2.24) is 0 Å². The minimum absolute atomic E-state index is 0.172. The van der Waals surface area contributed by atoms with E-state index in [2.05, 4.69) is 18.2 Å². The molecule has 1 saturated carbocycles. The summed E-state index contributed by atoms with van der Waals surface area (Å²) in [6.45, 7) is 2.57. The second kappa shape index (κ2) is 2.84. The van der Waals surface area contributed by atoms with Gasteiger partial charge in [-0.25, -0.2) is 0 Å². The molecule has 0 saturated heterocycles. The van der Waals surface area contributed by atoms with Crippen LogP contribution in [0.15, 0.2) is 24.3 Å². The molecule has 3 rings (SSSR count). The summed E-state index contributed by atoms with van der Waals surface area (Å²) in [4.78, 5) is 13.5. The van der Waals surface area contributed by atoms with Crippen molar-refractivity contribution in [2.24, 2.45) is 0 Å². The van der Waals surface area contributed by atoms with E-state index in [1.165, 1.54) is 24.8 Å². The largest absolute Gasteiger partial charge is 0.311 e. The highest BCUT2D eigenvalue weighted by Crippen LogP contribution is 2.52. The number of benzene rings is 1. The lowest BCUT2D eigenvalue weighted by Crippen LogP contribution is -2.40. The summed E-state index contributed by atoms with van der Waals surface area (Å²) < 4.78 is 0. The maximum atomic E-state index is 11.6. The third-order valence-corrected chi connectivity index (χ3v) is 3.92. The van der Waals surface area contributed by atoms with Crippen molar-refractivity contribution in [2.75, 3.05) is 11.4 Å². The van der Waals surface area contributed by atoms with Crippen molar-refractivity contribution < 1.29 is 4.79 Å². The molecular weight excluding hydrogens is 186 g/mol. The van der Waals surface area contributed by atoms with Gasteiger partial charge in [-0.15, -0.1) is 0 Å². The van der Waals surface area contributed by atoms with Gasteiger partial charge in [-0.1, -0.05) is 24.6 Å². The predicted octanol–water partition coefficient (Wildman–Crippen LogP) is 2.47. The number of carbonyl (C=O) groups is 1. The monoisotopic (exact) mass is 201 g/mol. The molecule has 2 aliphatic rings. The molecule has 0 N–H and O–H groups in total. The van der Waals surface area contributed by atoms with Gasteiger partial charge in [0, 0.05) is 24.6 Å². The molecule has 0 unspecified atom stereocenters. The molecule has 1 amide bonds. The van der Waals surface area contributed by atoms with E-state index < -0.39 is 0 Å². The summed E-state index contributed by atoms with van der Waals surface area (Å²) in [7, 11) is 0. The van der Waals surface area contributed by atoms with Crippen LogP contribution in [0.4, 0.5) is 5.69 Å². The van der Waals surface area contributed by atoms with Crippen molar-refractivity contribution in [3.05, 3.63) is 29.8 Å². The van der Waals surface area contributed by atoms with Gasteiger partial charge < -0.3 is 4.90 Å². The first-order valence-electron chi connectivity index (χ1n) is 5.61. The van der Waals surface area contributed by atoms with E-state index >= 15 is 0 Å². The first kappa shape index (κ1) is 8.96. The summed E-state index contributed by atoms with van der Waals surface area (Å²) >= 11 is 0. The first-order valence-corrected chi connectivity index (χ1v) is 5.61. The van der Waals surface area contributed by atoms with E-state index in [0.29, 0.717) is 5.41 Å². The SMILES string of the molecule is CC(=O)N1CC2(CCC2)c2ccccc21. The Morgan fingerprint density at radius 3 is 2.67 bits per heavy atom. The molecule has 1 aromatic carbocycles. The van der Waals surface area contributed by atoms with Gasteiger partial charge in [-0.2, -0.15) is 0 Å². The van der Waals surface area contributed by atoms with Crippen LogP contribution in [-0.4, -0.2) is 12.5 Å². The minimum Gasteiger partial charge on any atom is -0.311 e. The molecule has 1 spiro atoms. The van der Waals surface area contributed by atoms with E-state index in [9.17, 15) is 4.79 Å². The van der Waals surface area contributed by atoms with Crippen molar-refractivity contribution in [3.8, 4) is 0 Å². The van der Waals surface area contributed by atoms with Gasteiger partial charge in [0.15, 0.2) is 0 Å². The fourth-order valence-corrected chi connectivity index (χ4v) is 2.94. The molecule has 1 aliphatic heterocycles. The molecular formula is C13H15NO. The Morgan fingerprint density at radius 2 is 2.07 bits per heavy atom. The number of rotatable bonds is 0. The number of hydrogen-bond acceptors (Lipinski definition) is 1. The summed E-state index contributed by atoms with van der Waals surface area (Å²) in [5.41, 5.74) is 2.85. The molecule has 1 fully saturated rings. The molecule has 0 bridgehead atoms. The highest BCUT2D eigenvalue weighted by Gasteiger charge is 2.47. The summed E-state index contributed by atoms with van der Waals surface area (Å²) in [6.07, 6.45) is 3.79. The molecule has 0 aromatic heterocycles. The standard InChI is InChI=1S/C13H15NO/c1-10(15)14-9-13(7-4-8-13)11-5-2-3-6-12(11)14/h2-3,5-6H,4,7-9H2,1H3. The number of nitrogens with zero attached hydrogens (tertiary/aromatic N) is 1. The highest BCUT2D eigenvalue weighted by atomic mass is 16.2. The van der Waals surface area contributed by atoms with Crippen molar-refractivity contribution in [1.29, 1.82) is 0 Å². The molecule has 2 nitrogen and oxygen atoms in total. The molecule has 15 heavy (non-hydrogen) atoms. The van der Waals surface area contributed by atoms with E-state index in [4.69, 9.17) is 0 Å². The lowest BCUT2D eigenvalue weighted by atomic mass is 9.66. The van der Waals surface area contributed by atoms with Crippen molar-refractivity contribution in [2.45, 2.75) is 31.6 Å². The number of fused-ring (bicyclic) bond motifs is 2. The Hall–Kier alpha value is -1.31. The molecule has 0 radical (unpaired) electrons. The Morgan fingerprint density at radius 1 is 1.33 bits per heavy atom. The van der Waals surface area contributed by atoms with E-state index in [0.717, 1.165) is 12.2 Å². The summed E-state index contributed by atoms with van der Waals surface area (Å²) in [5, 5.41) is 0. The van der Waals surface area contributed by atoms with E-state index in [-0.39, 0.29) is 5.91 Å². The van der Waals surface area contributed by atoms with E-state index in [1.54, 1.807) is 6.92 Å². The zero-order chi connectivity index (χ0) is 10.5. The third-order valence-electron chi connectivity index (χ3n) is 3.92. The fourth-order valence-electron chi connectivity index (χ4n) is 2.94. The van der Waals surface area contributed by atoms with Gasteiger partial charge in [-0.05, 0) is 24.5 Å². The van der Waals surface area contributed by atoms with Crippen LogP contribution in [0.3, 0.4) is 0 Å². The molecule has 1 heterocycles. The molecule has 0 atom stereocenters.